The van der Waals surface area contributed by atoms with E-state index in [4.69, 9.17) is 0 Å². The summed E-state index contributed by atoms with van der Waals surface area (Å²) >= 11 is 2.21. The summed E-state index contributed by atoms with van der Waals surface area (Å²) in [5.41, 5.74) is 3.07. The van der Waals surface area contributed by atoms with Crippen molar-refractivity contribution < 1.29 is 20.4 Å². The summed E-state index contributed by atoms with van der Waals surface area (Å²) in [5.74, 6) is 0.722. The van der Waals surface area contributed by atoms with Crippen LogP contribution in [0.15, 0.2) is 17.9 Å². The first-order valence-corrected chi connectivity index (χ1v) is 3.34. The molecule has 0 aliphatic heterocycles. The van der Waals surface area contributed by atoms with E-state index in [-0.39, 0.29) is 24.8 Å². The van der Waals surface area contributed by atoms with E-state index in [1.165, 1.54) is 0 Å². The van der Waals surface area contributed by atoms with E-state index >= 15 is 0 Å². The predicted octanol–water partition coefficient (Wildman–Crippen LogP) is 2.53. The monoisotopic (exact) mass is 199 g/mol. The molecule has 3 heteroatoms. The minimum atomic E-state index is 0. The minimum absolute atomic E-state index is 0. The van der Waals surface area contributed by atoms with Crippen LogP contribution < -0.4 is 0 Å². The zero-order valence-electron chi connectivity index (χ0n) is 5.13. The maximum absolute atomic E-state index is 3.07. The molecule has 2 atom stereocenters. The Morgan fingerprint density at radius 3 is 2.00 bits per heavy atom. The number of allylic oxidation sites excluding steroid dienone is 1. The predicted molar refractivity (Wildman–Crippen MR) is 40.1 cm³/mol. The molecule has 0 aromatic rings. The van der Waals surface area contributed by atoms with Crippen LogP contribution in [0.4, 0.5) is 0 Å². The van der Waals surface area contributed by atoms with Gasteiger partial charge in [0.25, 0.3) is 0 Å². The molecule has 0 spiro atoms. The van der Waals surface area contributed by atoms with E-state index in [0.29, 0.717) is 0 Å². The quantitative estimate of drug-likeness (QED) is 0.416. The minimum Gasteiger partial charge on any atom is -0.147 e. The molecule has 1 aliphatic carbocycles. The van der Waals surface area contributed by atoms with Gasteiger partial charge in [0.15, 0.2) is 0 Å². The standard InChI is InChI=1S/C6H7.2ClH.Ti/c1-6-4-2-3-5-6;;;/h2,4-6H,1H3;2*1H;. The molecule has 0 saturated heterocycles. The van der Waals surface area contributed by atoms with E-state index in [9.17, 15) is 0 Å². The van der Waals surface area contributed by atoms with Gasteiger partial charge in [-0.15, -0.1) is 24.8 Å². The summed E-state index contributed by atoms with van der Waals surface area (Å²) in [5, 5.41) is 0. The molecule has 1 aliphatic rings. The molecule has 0 fully saturated rings. The van der Waals surface area contributed by atoms with Gasteiger partial charge in [0, 0.05) is 0 Å². The Hall–Kier alpha value is 0.814. The molecule has 9 heavy (non-hydrogen) atoms. The van der Waals surface area contributed by atoms with Crippen LogP contribution in [0.5, 0.6) is 0 Å². The average molecular weight is 200 g/mol. The van der Waals surface area contributed by atoms with Crippen molar-refractivity contribution >= 4 is 24.8 Å². The zero-order chi connectivity index (χ0) is 5.28. The third kappa shape index (κ3) is 3.50. The Balaban J connectivity index is 0. The van der Waals surface area contributed by atoms with Crippen LogP contribution in [0, 0.1) is 5.92 Å². The van der Waals surface area contributed by atoms with Crippen LogP contribution in [0.2, 0.25) is 4.22 Å². The molecule has 0 aromatic carbocycles. The molecule has 0 saturated carbocycles. The van der Waals surface area contributed by atoms with Crippen molar-refractivity contribution in [1.29, 1.82) is 0 Å². The van der Waals surface area contributed by atoms with Crippen LogP contribution in [-0.2, 0) is 20.4 Å². The molecule has 0 radical (unpaired) electrons. The maximum Gasteiger partial charge on any atom is -0.147 e. The fraction of sp³-hybridized carbons (Fsp3) is 0.500. The van der Waals surface area contributed by atoms with Crippen molar-refractivity contribution in [3.63, 3.8) is 0 Å². The van der Waals surface area contributed by atoms with E-state index in [1.807, 2.05) is 0 Å². The van der Waals surface area contributed by atoms with Gasteiger partial charge >= 0.3 is 55.4 Å². The molecule has 2 unspecified atom stereocenters. The molecular formula is C6H9Cl2Ti. The van der Waals surface area contributed by atoms with Crippen molar-refractivity contribution in [2.75, 3.05) is 0 Å². The number of halogens is 2. The molecule has 0 amide bonds. The van der Waals surface area contributed by atoms with Crippen molar-refractivity contribution in [3.8, 4) is 0 Å². The third-order valence-corrected chi connectivity index (χ3v) is 2.28. The van der Waals surface area contributed by atoms with Crippen LogP contribution >= 0.6 is 24.8 Å². The molecule has 51 valence electrons. The largest absolute Gasteiger partial charge is 0.147 e. The van der Waals surface area contributed by atoms with Crippen molar-refractivity contribution in [2.45, 2.75) is 11.1 Å². The Bertz CT molecular complexity index is 115. The molecule has 0 heterocycles. The van der Waals surface area contributed by atoms with Crippen LogP contribution in [0.1, 0.15) is 6.92 Å². The molecule has 0 nitrogen and oxygen atoms in total. The molecule has 1 rings (SSSR count). The van der Waals surface area contributed by atoms with Gasteiger partial charge in [0.1, 0.15) is 0 Å². The topological polar surface area (TPSA) is 0 Å². The zero-order valence-corrected chi connectivity index (χ0v) is 8.32. The van der Waals surface area contributed by atoms with Crippen LogP contribution in [-0.4, -0.2) is 0 Å². The van der Waals surface area contributed by atoms with Crippen LogP contribution in [0.3, 0.4) is 0 Å². The van der Waals surface area contributed by atoms with Gasteiger partial charge in [-0.3, -0.25) is 0 Å². The van der Waals surface area contributed by atoms with Gasteiger partial charge in [-0.2, -0.15) is 0 Å². The second-order valence-electron chi connectivity index (χ2n) is 1.88. The van der Waals surface area contributed by atoms with Gasteiger partial charge in [0.05, 0.1) is 0 Å². The smallest absolute Gasteiger partial charge is 0.147 e. The Morgan fingerprint density at radius 2 is 1.89 bits per heavy atom. The second-order valence-corrected chi connectivity index (χ2v) is 2.93. The fourth-order valence-electron chi connectivity index (χ4n) is 0.566. The van der Waals surface area contributed by atoms with E-state index < -0.39 is 0 Å². The first kappa shape index (κ1) is 12.5. The van der Waals surface area contributed by atoms with E-state index in [0.717, 1.165) is 10.1 Å². The Kier molecular flexibility index (Phi) is 7.75. The fourth-order valence-corrected chi connectivity index (χ4v) is 0.867. The van der Waals surface area contributed by atoms with Gasteiger partial charge in [-0.1, -0.05) is 0 Å². The summed E-state index contributed by atoms with van der Waals surface area (Å²) in [7, 11) is 0. The Labute approximate surface area is 80.0 Å². The Morgan fingerprint density at radius 1 is 1.33 bits per heavy atom. The molecular weight excluding hydrogens is 191 g/mol. The van der Waals surface area contributed by atoms with Gasteiger partial charge in [-0.05, 0) is 0 Å². The van der Waals surface area contributed by atoms with E-state index in [1.54, 1.807) is 0 Å². The van der Waals surface area contributed by atoms with Crippen molar-refractivity contribution in [1.82, 2.24) is 0 Å². The SMILES string of the molecule is CC1C=C=C[CH]1[Ti].Cl.Cl. The normalized spacial score (nSPS) is 28.9. The summed E-state index contributed by atoms with van der Waals surface area (Å²) in [6, 6.07) is 0. The number of hydrogen-bond acceptors (Lipinski definition) is 0. The molecule has 0 bridgehead atoms. The summed E-state index contributed by atoms with van der Waals surface area (Å²) in [4.78, 5) is 0. The third-order valence-electron chi connectivity index (χ3n) is 1.20. The van der Waals surface area contributed by atoms with Gasteiger partial charge in [-0.25, -0.2) is 0 Å². The maximum atomic E-state index is 3.07. The number of hydrogen-bond donors (Lipinski definition) is 0. The molecule has 0 N–H and O–H groups in total. The first-order valence-electron chi connectivity index (χ1n) is 2.44. The average Bonchev–Trinajstić information content (AvgIpc) is 1.91. The summed E-state index contributed by atoms with van der Waals surface area (Å²) in [6.07, 6.45) is 4.23. The van der Waals surface area contributed by atoms with Crippen LogP contribution in [0.25, 0.3) is 0 Å². The second kappa shape index (κ2) is 5.59. The van der Waals surface area contributed by atoms with Gasteiger partial charge in [0.2, 0.25) is 0 Å². The van der Waals surface area contributed by atoms with Crippen molar-refractivity contribution in [3.05, 3.63) is 17.9 Å². The summed E-state index contributed by atoms with van der Waals surface area (Å²) in [6.45, 7) is 2.21. The van der Waals surface area contributed by atoms with Crippen molar-refractivity contribution in [2.24, 2.45) is 5.92 Å². The first-order chi connectivity index (χ1) is 3.30. The number of rotatable bonds is 0. The van der Waals surface area contributed by atoms with Gasteiger partial charge < -0.3 is 0 Å². The molecule has 0 aromatic heterocycles. The summed E-state index contributed by atoms with van der Waals surface area (Å²) < 4.78 is 0.722. The van der Waals surface area contributed by atoms with E-state index in [2.05, 4.69) is 45.2 Å².